The smallest absolute Gasteiger partial charge is 0.282 e. The molecule has 2 aromatic rings. The molecular weight excluding hydrogens is 312 g/mol. The molecule has 0 bridgehead atoms. The van der Waals surface area contributed by atoms with Crippen LogP contribution in [0.3, 0.4) is 0 Å². The van der Waals surface area contributed by atoms with Gasteiger partial charge in [0.1, 0.15) is 9.79 Å². The van der Waals surface area contributed by atoms with Crippen molar-refractivity contribution in [2.75, 3.05) is 0 Å². The van der Waals surface area contributed by atoms with Crippen molar-refractivity contribution in [3.63, 3.8) is 0 Å². The van der Waals surface area contributed by atoms with E-state index in [1.807, 2.05) is 0 Å². The van der Waals surface area contributed by atoms with Crippen LogP contribution in [0.1, 0.15) is 0 Å². The van der Waals surface area contributed by atoms with E-state index >= 15 is 0 Å². The van der Waals surface area contributed by atoms with E-state index < -0.39 is 30.0 Å². The molecule has 1 aromatic heterocycles. The van der Waals surface area contributed by atoms with Gasteiger partial charge in [0.2, 0.25) is 0 Å². The van der Waals surface area contributed by atoms with E-state index in [9.17, 15) is 16.8 Å². The minimum atomic E-state index is -4.52. The van der Waals surface area contributed by atoms with Crippen LogP contribution < -0.4 is 0 Å². The average molecular weight is 319 g/mol. The summed E-state index contributed by atoms with van der Waals surface area (Å²) in [6, 6.07) is 5.33. The maximum absolute atomic E-state index is 11.2. The Morgan fingerprint density at radius 1 is 0.947 bits per heavy atom. The van der Waals surface area contributed by atoms with Crippen molar-refractivity contribution in [3.8, 4) is 11.1 Å². The molecule has 0 amide bonds. The van der Waals surface area contributed by atoms with E-state index in [1.165, 1.54) is 23.6 Å². The minimum Gasteiger partial charge on any atom is -0.282 e. The van der Waals surface area contributed by atoms with E-state index in [1.54, 1.807) is 0 Å². The molecule has 0 aliphatic rings. The van der Waals surface area contributed by atoms with Crippen molar-refractivity contribution in [1.82, 2.24) is 0 Å². The second kappa shape index (κ2) is 4.69. The first kappa shape index (κ1) is 14.2. The highest BCUT2D eigenvalue weighted by atomic mass is 32.2. The maximum Gasteiger partial charge on any atom is 0.296 e. The molecule has 1 radical (unpaired) electrons. The van der Waals surface area contributed by atoms with Crippen LogP contribution in [0.2, 0.25) is 0 Å². The van der Waals surface area contributed by atoms with Crippen LogP contribution in [0.4, 0.5) is 0 Å². The molecule has 1 aromatic carbocycles. The SMILES string of the molecule is O=S(=O)(O)c1[c]scc1-c1ccccc1S(=O)(=O)O. The lowest BCUT2D eigenvalue weighted by atomic mass is 10.1. The van der Waals surface area contributed by atoms with Crippen LogP contribution in [0, 0.1) is 5.38 Å². The van der Waals surface area contributed by atoms with Crippen molar-refractivity contribution >= 4 is 31.6 Å². The predicted octanol–water partition coefficient (Wildman–Crippen LogP) is 1.71. The molecule has 19 heavy (non-hydrogen) atoms. The highest BCUT2D eigenvalue weighted by molar-refractivity contribution is 7.86. The average Bonchev–Trinajstić information content (AvgIpc) is 2.76. The van der Waals surface area contributed by atoms with Crippen LogP contribution in [-0.4, -0.2) is 25.9 Å². The molecule has 0 saturated carbocycles. The summed E-state index contributed by atoms with van der Waals surface area (Å²) in [6.45, 7) is 0. The summed E-state index contributed by atoms with van der Waals surface area (Å²) < 4.78 is 63.0. The van der Waals surface area contributed by atoms with Crippen molar-refractivity contribution in [2.45, 2.75) is 9.79 Å². The zero-order valence-electron chi connectivity index (χ0n) is 9.14. The van der Waals surface area contributed by atoms with Crippen LogP contribution >= 0.6 is 11.3 Å². The van der Waals surface area contributed by atoms with Gasteiger partial charge in [-0.25, -0.2) is 0 Å². The number of thiophene rings is 1. The zero-order valence-corrected chi connectivity index (χ0v) is 11.6. The summed E-state index contributed by atoms with van der Waals surface area (Å²) in [6.07, 6.45) is 0. The Balaban J connectivity index is 2.79. The molecule has 6 nitrogen and oxygen atoms in total. The molecule has 0 fully saturated rings. The second-order valence-corrected chi connectivity index (χ2v) is 6.95. The number of benzene rings is 1. The fourth-order valence-electron chi connectivity index (χ4n) is 1.54. The minimum absolute atomic E-state index is 0.0184. The summed E-state index contributed by atoms with van der Waals surface area (Å²) in [7, 11) is -9.03. The zero-order chi connectivity index (χ0) is 14.3. The third kappa shape index (κ3) is 2.85. The van der Waals surface area contributed by atoms with Crippen molar-refractivity contribution < 1.29 is 25.9 Å². The van der Waals surface area contributed by atoms with Gasteiger partial charge in [0.15, 0.2) is 0 Å². The van der Waals surface area contributed by atoms with E-state index in [4.69, 9.17) is 9.11 Å². The van der Waals surface area contributed by atoms with Gasteiger partial charge in [-0.1, -0.05) is 18.2 Å². The lowest BCUT2D eigenvalue weighted by Gasteiger charge is -2.06. The van der Waals surface area contributed by atoms with Gasteiger partial charge in [-0.2, -0.15) is 16.8 Å². The summed E-state index contributed by atoms with van der Waals surface area (Å²) in [5.74, 6) is 0. The third-order valence-corrected chi connectivity index (χ3v) is 4.84. The Morgan fingerprint density at radius 3 is 2.16 bits per heavy atom. The monoisotopic (exact) mass is 319 g/mol. The number of hydrogen-bond acceptors (Lipinski definition) is 5. The van der Waals surface area contributed by atoms with E-state index in [0.717, 1.165) is 17.4 Å². The van der Waals surface area contributed by atoms with Crippen molar-refractivity contribution in [2.24, 2.45) is 0 Å². The Bertz CT molecular complexity index is 816. The molecule has 101 valence electrons. The molecule has 9 heteroatoms. The third-order valence-electron chi connectivity index (χ3n) is 2.29. The fourth-order valence-corrected chi connectivity index (χ4v) is 3.97. The molecule has 0 aliphatic heterocycles. The second-order valence-electron chi connectivity index (χ2n) is 3.53. The van der Waals surface area contributed by atoms with Gasteiger partial charge in [-0.15, -0.1) is 11.3 Å². The molecule has 0 spiro atoms. The predicted molar refractivity (Wildman–Crippen MR) is 68.2 cm³/mol. The first-order chi connectivity index (χ1) is 8.71. The number of hydrogen-bond donors (Lipinski definition) is 2. The molecular formula is C10H7O6S3. The van der Waals surface area contributed by atoms with Gasteiger partial charge in [0.05, 0.1) is 5.38 Å². The first-order valence-electron chi connectivity index (χ1n) is 4.75. The molecule has 0 aliphatic carbocycles. The van der Waals surface area contributed by atoms with Crippen LogP contribution in [-0.2, 0) is 20.2 Å². The quantitative estimate of drug-likeness (QED) is 0.834. The molecule has 0 unspecified atom stereocenters. The Kier molecular flexibility index (Phi) is 3.49. The first-order valence-corrected chi connectivity index (χ1v) is 8.51. The van der Waals surface area contributed by atoms with Crippen LogP contribution in [0.25, 0.3) is 11.1 Å². The lowest BCUT2D eigenvalue weighted by molar-refractivity contribution is 0.480. The summed E-state index contributed by atoms with van der Waals surface area (Å²) in [4.78, 5) is -0.958. The van der Waals surface area contributed by atoms with Gasteiger partial charge in [-0.05, 0) is 6.07 Å². The molecule has 0 saturated heterocycles. The molecule has 1 heterocycles. The summed E-state index contributed by atoms with van der Waals surface area (Å²) >= 11 is 0.867. The highest BCUT2D eigenvalue weighted by Crippen LogP contribution is 2.34. The molecule has 0 atom stereocenters. The standard InChI is InChI=1S/C10H7O6S3/c11-18(12,13)9-4-2-1-3-7(9)8-5-17-6-10(8)19(14,15)16/h1-5H,(H,11,12,13)(H,14,15,16). The van der Waals surface area contributed by atoms with Gasteiger partial charge in [0.25, 0.3) is 20.2 Å². The van der Waals surface area contributed by atoms with Gasteiger partial charge >= 0.3 is 0 Å². The van der Waals surface area contributed by atoms with E-state index in [2.05, 4.69) is 5.38 Å². The topological polar surface area (TPSA) is 109 Å². The number of rotatable bonds is 3. The summed E-state index contributed by atoms with van der Waals surface area (Å²) in [5, 5.41) is 3.68. The van der Waals surface area contributed by atoms with Crippen molar-refractivity contribution in [1.29, 1.82) is 0 Å². The fraction of sp³-hybridized carbons (Fsp3) is 0. The molecule has 2 rings (SSSR count). The van der Waals surface area contributed by atoms with Crippen LogP contribution in [0.5, 0.6) is 0 Å². The van der Waals surface area contributed by atoms with E-state index in [0.29, 0.717) is 0 Å². The normalized spacial score (nSPS) is 12.5. The van der Waals surface area contributed by atoms with Gasteiger partial charge in [0, 0.05) is 16.5 Å². The van der Waals surface area contributed by atoms with E-state index in [-0.39, 0.29) is 11.1 Å². The molecule has 2 N–H and O–H groups in total. The lowest BCUT2D eigenvalue weighted by Crippen LogP contribution is -2.03. The highest BCUT2D eigenvalue weighted by Gasteiger charge is 2.23. The Labute approximate surface area is 113 Å². The van der Waals surface area contributed by atoms with Crippen LogP contribution in [0.15, 0.2) is 39.4 Å². The largest absolute Gasteiger partial charge is 0.296 e. The van der Waals surface area contributed by atoms with Gasteiger partial charge in [-0.3, -0.25) is 9.11 Å². The summed E-state index contributed by atoms with van der Waals surface area (Å²) in [5.41, 5.74) is -0.0455. The Morgan fingerprint density at radius 2 is 1.58 bits per heavy atom. The van der Waals surface area contributed by atoms with Gasteiger partial charge < -0.3 is 0 Å². The van der Waals surface area contributed by atoms with Crippen molar-refractivity contribution in [3.05, 3.63) is 35.0 Å². The Hall–Kier alpha value is -1.26. The maximum atomic E-state index is 11.2.